The van der Waals surface area contributed by atoms with E-state index in [1.54, 1.807) is 10.9 Å². The van der Waals surface area contributed by atoms with E-state index in [-0.39, 0.29) is 23.7 Å². The minimum absolute atomic E-state index is 0.0384. The maximum absolute atomic E-state index is 12.7. The maximum Gasteiger partial charge on any atom is 0.308 e. The van der Waals surface area contributed by atoms with Gasteiger partial charge in [0.1, 0.15) is 5.82 Å². The Labute approximate surface area is 169 Å². The first-order valence-electron chi connectivity index (χ1n) is 9.81. The smallest absolute Gasteiger partial charge is 0.308 e. The average molecular weight is 392 g/mol. The number of rotatable bonds is 4. The zero-order valence-corrected chi connectivity index (χ0v) is 16.6. The molecule has 1 N–H and O–H groups in total. The van der Waals surface area contributed by atoms with Gasteiger partial charge in [-0.05, 0) is 48.8 Å². The van der Waals surface area contributed by atoms with Crippen LogP contribution in [0.15, 0.2) is 42.9 Å². The van der Waals surface area contributed by atoms with Crippen LogP contribution in [0.25, 0.3) is 21.9 Å². The number of carbonyl (C=O) groups excluding carboxylic acids is 2. The molecule has 0 bridgehead atoms. The number of methoxy groups -OCH3 is 1. The summed E-state index contributed by atoms with van der Waals surface area (Å²) in [5.74, 6) is 0.137. The Bertz CT molecular complexity index is 1050. The normalized spacial score (nSPS) is 19.1. The van der Waals surface area contributed by atoms with Gasteiger partial charge < -0.3 is 10.1 Å². The molecule has 2 aromatic heterocycles. The molecule has 0 saturated heterocycles. The fourth-order valence-corrected chi connectivity index (χ4v) is 3.95. The summed E-state index contributed by atoms with van der Waals surface area (Å²) in [7, 11) is 3.30. The molecule has 29 heavy (non-hydrogen) atoms. The molecular weight excluding hydrogens is 368 g/mol. The minimum Gasteiger partial charge on any atom is -0.469 e. The van der Waals surface area contributed by atoms with Crippen molar-refractivity contribution in [3.05, 3.63) is 42.9 Å². The lowest BCUT2D eigenvalue weighted by molar-refractivity contribution is -0.147. The Kier molecular flexibility index (Phi) is 5.29. The second kappa shape index (κ2) is 8.03. The first-order valence-corrected chi connectivity index (χ1v) is 9.81. The molecule has 1 aliphatic rings. The molecule has 7 nitrogen and oxygen atoms in total. The van der Waals surface area contributed by atoms with Crippen molar-refractivity contribution < 1.29 is 14.3 Å². The van der Waals surface area contributed by atoms with E-state index in [1.807, 2.05) is 37.6 Å². The molecular formula is C22H24N4O3. The van der Waals surface area contributed by atoms with E-state index >= 15 is 0 Å². The molecule has 0 atom stereocenters. The number of aryl methyl sites for hydroxylation is 1. The van der Waals surface area contributed by atoms with Gasteiger partial charge in [-0.15, -0.1) is 0 Å². The number of benzene rings is 1. The molecule has 1 saturated carbocycles. The van der Waals surface area contributed by atoms with Gasteiger partial charge in [-0.1, -0.05) is 12.1 Å². The molecule has 150 valence electrons. The lowest BCUT2D eigenvalue weighted by Gasteiger charge is -2.25. The number of amides is 1. The Morgan fingerprint density at radius 3 is 2.48 bits per heavy atom. The number of ether oxygens (including phenoxy) is 1. The highest BCUT2D eigenvalue weighted by atomic mass is 16.5. The number of carbonyl (C=O) groups is 2. The van der Waals surface area contributed by atoms with Gasteiger partial charge in [0.2, 0.25) is 5.91 Å². The van der Waals surface area contributed by atoms with Crippen LogP contribution < -0.4 is 5.32 Å². The molecule has 1 aromatic carbocycles. The van der Waals surface area contributed by atoms with Gasteiger partial charge in [-0.25, -0.2) is 4.98 Å². The van der Waals surface area contributed by atoms with E-state index in [1.165, 1.54) is 7.11 Å². The second-order valence-corrected chi connectivity index (χ2v) is 7.60. The van der Waals surface area contributed by atoms with Gasteiger partial charge in [0, 0.05) is 36.3 Å². The van der Waals surface area contributed by atoms with E-state index in [0.717, 1.165) is 21.9 Å². The highest BCUT2D eigenvalue weighted by molar-refractivity contribution is 5.95. The third-order valence-corrected chi connectivity index (χ3v) is 5.64. The molecule has 2 heterocycles. The number of esters is 1. The molecule has 1 aliphatic carbocycles. The fourth-order valence-electron chi connectivity index (χ4n) is 3.95. The van der Waals surface area contributed by atoms with Crippen molar-refractivity contribution in [2.45, 2.75) is 25.7 Å². The van der Waals surface area contributed by atoms with Gasteiger partial charge in [-0.2, -0.15) is 5.10 Å². The molecule has 0 spiro atoms. The highest BCUT2D eigenvalue weighted by Gasteiger charge is 2.30. The number of nitrogens with zero attached hydrogens (tertiary/aromatic N) is 3. The molecule has 0 unspecified atom stereocenters. The number of aromatic nitrogens is 3. The third-order valence-electron chi connectivity index (χ3n) is 5.64. The topological polar surface area (TPSA) is 86.1 Å². The van der Waals surface area contributed by atoms with Crippen molar-refractivity contribution in [2.75, 3.05) is 12.4 Å². The SMILES string of the molecule is COC(=O)[C@H]1CC[C@H](C(=O)Nc2cc3cc(-c4cnn(C)c4)ccc3cn2)CC1. The number of pyridine rings is 1. The number of hydrogen-bond acceptors (Lipinski definition) is 5. The zero-order chi connectivity index (χ0) is 20.4. The molecule has 0 radical (unpaired) electrons. The molecule has 7 heteroatoms. The van der Waals surface area contributed by atoms with Gasteiger partial charge in [0.05, 0.1) is 19.2 Å². The van der Waals surface area contributed by atoms with Crippen LogP contribution in [0.1, 0.15) is 25.7 Å². The van der Waals surface area contributed by atoms with Crippen molar-refractivity contribution in [1.29, 1.82) is 0 Å². The predicted molar refractivity (Wildman–Crippen MR) is 110 cm³/mol. The summed E-state index contributed by atoms with van der Waals surface area (Å²) < 4.78 is 6.58. The molecule has 1 fully saturated rings. The fraction of sp³-hybridized carbons (Fsp3) is 0.364. The van der Waals surface area contributed by atoms with E-state index in [0.29, 0.717) is 31.5 Å². The van der Waals surface area contributed by atoms with Crippen molar-refractivity contribution >= 4 is 28.5 Å². The van der Waals surface area contributed by atoms with Crippen molar-refractivity contribution in [2.24, 2.45) is 18.9 Å². The summed E-state index contributed by atoms with van der Waals surface area (Å²) in [5, 5.41) is 9.18. The Balaban J connectivity index is 1.46. The quantitative estimate of drug-likeness (QED) is 0.686. The molecule has 4 rings (SSSR count). The summed E-state index contributed by atoms with van der Waals surface area (Å²) in [6.07, 6.45) is 8.31. The van der Waals surface area contributed by atoms with Crippen molar-refractivity contribution in [3.8, 4) is 11.1 Å². The van der Waals surface area contributed by atoms with Gasteiger partial charge >= 0.3 is 5.97 Å². The lowest BCUT2D eigenvalue weighted by Crippen LogP contribution is -2.30. The highest BCUT2D eigenvalue weighted by Crippen LogP contribution is 2.31. The zero-order valence-electron chi connectivity index (χ0n) is 16.6. The van der Waals surface area contributed by atoms with Crippen LogP contribution >= 0.6 is 0 Å². The monoisotopic (exact) mass is 392 g/mol. The number of hydrogen-bond donors (Lipinski definition) is 1. The second-order valence-electron chi connectivity index (χ2n) is 7.60. The van der Waals surface area contributed by atoms with Gasteiger partial charge in [0.25, 0.3) is 0 Å². The molecule has 0 aliphatic heterocycles. The Hall–Kier alpha value is -3.22. The van der Waals surface area contributed by atoms with E-state index in [9.17, 15) is 9.59 Å². The lowest BCUT2D eigenvalue weighted by atomic mass is 9.81. The van der Waals surface area contributed by atoms with Crippen LogP contribution in [-0.4, -0.2) is 33.8 Å². The standard InChI is InChI=1S/C22H24N4O3/c1-26-13-19(12-24-26)16-7-8-17-11-23-20(10-18(17)9-16)25-21(27)14-3-5-15(6-4-14)22(28)29-2/h7-15H,3-6H2,1-2H3,(H,23,25,27)/t14-,15-. The largest absolute Gasteiger partial charge is 0.469 e. The summed E-state index contributed by atoms with van der Waals surface area (Å²) >= 11 is 0. The van der Waals surface area contributed by atoms with E-state index in [4.69, 9.17) is 4.74 Å². The molecule has 1 amide bonds. The Morgan fingerprint density at radius 1 is 1.03 bits per heavy atom. The van der Waals surface area contributed by atoms with Crippen molar-refractivity contribution in [3.63, 3.8) is 0 Å². The summed E-state index contributed by atoms with van der Waals surface area (Å²) in [5.41, 5.74) is 2.11. The van der Waals surface area contributed by atoms with Crippen molar-refractivity contribution in [1.82, 2.24) is 14.8 Å². The first kappa shape index (κ1) is 19.1. The first-order chi connectivity index (χ1) is 14.0. The minimum atomic E-state index is -0.176. The van der Waals surface area contributed by atoms with Crippen LogP contribution in [0, 0.1) is 11.8 Å². The van der Waals surface area contributed by atoms with Crippen LogP contribution in [0.2, 0.25) is 0 Å². The summed E-state index contributed by atoms with van der Waals surface area (Å²) in [4.78, 5) is 28.7. The summed E-state index contributed by atoms with van der Waals surface area (Å²) in [6.45, 7) is 0. The third kappa shape index (κ3) is 4.13. The van der Waals surface area contributed by atoms with Gasteiger partial charge in [-0.3, -0.25) is 14.3 Å². The Morgan fingerprint density at radius 2 is 1.79 bits per heavy atom. The number of nitrogens with one attached hydrogen (secondary N) is 1. The van der Waals surface area contributed by atoms with Crippen LogP contribution in [0.3, 0.4) is 0 Å². The average Bonchev–Trinajstić information content (AvgIpc) is 3.19. The predicted octanol–water partition coefficient (Wildman–Crippen LogP) is 3.55. The van der Waals surface area contributed by atoms with E-state index in [2.05, 4.69) is 21.5 Å². The van der Waals surface area contributed by atoms with Crippen LogP contribution in [0.4, 0.5) is 5.82 Å². The number of fused-ring (bicyclic) bond motifs is 1. The molecule has 3 aromatic rings. The number of anilines is 1. The summed E-state index contributed by atoms with van der Waals surface area (Å²) in [6, 6.07) is 8.03. The van der Waals surface area contributed by atoms with Crippen LogP contribution in [0.5, 0.6) is 0 Å². The maximum atomic E-state index is 12.7. The van der Waals surface area contributed by atoms with E-state index < -0.39 is 0 Å². The van der Waals surface area contributed by atoms with Gasteiger partial charge in [0.15, 0.2) is 0 Å². The van der Waals surface area contributed by atoms with Crippen LogP contribution in [-0.2, 0) is 21.4 Å².